The van der Waals surface area contributed by atoms with Gasteiger partial charge in [0, 0.05) is 12.7 Å². The van der Waals surface area contributed by atoms with Gasteiger partial charge in [-0.05, 0) is 18.2 Å². The number of benzene rings is 1. The number of nitrogens with zero attached hydrogens (tertiary/aromatic N) is 1. The molecule has 0 spiro atoms. The van der Waals surface area contributed by atoms with Gasteiger partial charge in [0.1, 0.15) is 10.7 Å². The molecule has 1 aromatic carbocycles. The lowest BCUT2D eigenvalue weighted by molar-refractivity contribution is -0.137. The second-order valence-electron chi connectivity index (χ2n) is 4.02. The van der Waals surface area contributed by atoms with Crippen molar-refractivity contribution < 1.29 is 18.0 Å². The van der Waals surface area contributed by atoms with Crippen LogP contribution >= 0.6 is 11.3 Å². The van der Waals surface area contributed by atoms with Gasteiger partial charge in [-0.25, -0.2) is 4.98 Å². The molecule has 1 heterocycles. The van der Waals surface area contributed by atoms with Crippen molar-refractivity contribution in [2.75, 3.05) is 23.4 Å². The van der Waals surface area contributed by atoms with E-state index in [1.807, 2.05) is 0 Å². The monoisotopic (exact) mass is 316 g/mol. The molecule has 1 aromatic heterocycles. The number of anilines is 3. The second kappa shape index (κ2) is 5.60. The molecule has 112 valence electrons. The van der Waals surface area contributed by atoms with Crippen LogP contribution in [-0.4, -0.2) is 17.9 Å². The highest BCUT2D eigenvalue weighted by molar-refractivity contribution is 7.18. The van der Waals surface area contributed by atoms with Crippen LogP contribution in [-0.2, 0) is 6.18 Å². The topological polar surface area (TPSA) is 80.0 Å². The van der Waals surface area contributed by atoms with Gasteiger partial charge in [0.05, 0.1) is 5.56 Å². The van der Waals surface area contributed by atoms with Crippen molar-refractivity contribution in [3.05, 3.63) is 34.7 Å². The van der Waals surface area contributed by atoms with Crippen LogP contribution in [0.2, 0.25) is 0 Å². The molecule has 0 unspecified atom stereocenters. The van der Waals surface area contributed by atoms with Gasteiger partial charge in [-0.1, -0.05) is 17.4 Å². The molecule has 1 amide bonds. The van der Waals surface area contributed by atoms with Gasteiger partial charge in [0.15, 0.2) is 5.13 Å². The molecule has 5 nitrogen and oxygen atoms in total. The molecule has 0 aliphatic rings. The number of alkyl halides is 3. The summed E-state index contributed by atoms with van der Waals surface area (Å²) < 4.78 is 37.8. The molecule has 0 saturated carbocycles. The van der Waals surface area contributed by atoms with E-state index in [4.69, 9.17) is 5.73 Å². The molecule has 0 aliphatic carbocycles. The average Bonchev–Trinajstić information content (AvgIpc) is 2.79. The number of nitrogens with one attached hydrogen (secondary N) is 2. The predicted molar refractivity (Wildman–Crippen MR) is 75.5 cm³/mol. The van der Waals surface area contributed by atoms with E-state index in [1.54, 1.807) is 7.05 Å². The lowest BCUT2D eigenvalue weighted by Crippen LogP contribution is -2.13. The summed E-state index contributed by atoms with van der Waals surface area (Å²) >= 11 is 1.02. The molecule has 0 atom stereocenters. The van der Waals surface area contributed by atoms with Gasteiger partial charge in [-0.15, -0.1) is 0 Å². The fourth-order valence-corrected chi connectivity index (χ4v) is 2.30. The van der Waals surface area contributed by atoms with Gasteiger partial charge in [0.25, 0.3) is 5.91 Å². The van der Waals surface area contributed by atoms with Crippen molar-refractivity contribution in [3.8, 4) is 0 Å². The van der Waals surface area contributed by atoms with Crippen LogP contribution in [0.1, 0.15) is 15.2 Å². The smallest absolute Gasteiger partial charge is 0.382 e. The van der Waals surface area contributed by atoms with Crippen molar-refractivity contribution >= 4 is 33.9 Å². The molecule has 9 heteroatoms. The minimum Gasteiger partial charge on any atom is -0.382 e. The second-order valence-corrected chi connectivity index (χ2v) is 5.02. The number of rotatable bonds is 3. The van der Waals surface area contributed by atoms with E-state index in [2.05, 4.69) is 15.6 Å². The summed E-state index contributed by atoms with van der Waals surface area (Å²) in [7, 11) is 1.62. The molecule has 2 aromatic rings. The number of amides is 1. The van der Waals surface area contributed by atoms with Crippen molar-refractivity contribution in [3.63, 3.8) is 0 Å². The third-order valence-electron chi connectivity index (χ3n) is 2.52. The summed E-state index contributed by atoms with van der Waals surface area (Å²) in [4.78, 5) is 16.0. The Morgan fingerprint density at radius 1 is 1.38 bits per heavy atom. The Labute approximate surface area is 122 Å². The Balaban J connectivity index is 2.21. The van der Waals surface area contributed by atoms with E-state index in [1.165, 1.54) is 12.1 Å². The normalized spacial score (nSPS) is 11.2. The molecule has 0 radical (unpaired) electrons. The van der Waals surface area contributed by atoms with Crippen LogP contribution in [0.15, 0.2) is 24.3 Å². The molecule has 2 rings (SSSR count). The number of halogens is 3. The largest absolute Gasteiger partial charge is 0.416 e. The maximum Gasteiger partial charge on any atom is 0.416 e. The quantitative estimate of drug-likeness (QED) is 0.813. The van der Waals surface area contributed by atoms with E-state index < -0.39 is 17.6 Å². The lowest BCUT2D eigenvalue weighted by atomic mass is 10.2. The van der Waals surface area contributed by atoms with Crippen molar-refractivity contribution in [1.29, 1.82) is 0 Å². The molecule has 0 aliphatic heterocycles. The third-order valence-corrected chi connectivity index (χ3v) is 3.61. The van der Waals surface area contributed by atoms with Crippen LogP contribution in [0, 0.1) is 0 Å². The summed E-state index contributed by atoms with van der Waals surface area (Å²) in [5, 5.41) is 5.55. The molecular weight excluding hydrogens is 305 g/mol. The van der Waals surface area contributed by atoms with Crippen molar-refractivity contribution in [2.45, 2.75) is 6.18 Å². The minimum absolute atomic E-state index is 0.0221. The Kier molecular flexibility index (Phi) is 4.03. The van der Waals surface area contributed by atoms with Crippen LogP contribution in [0.5, 0.6) is 0 Å². The highest BCUT2D eigenvalue weighted by Crippen LogP contribution is 2.31. The summed E-state index contributed by atoms with van der Waals surface area (Å²) in [6.07, 6.45) is -4.47. The third kappa shape index (κ3) is 3.43. The molecule has 0 bridgehead atoms. The number of hydrogen-bond donors (Lipinski definition) is 3. The number of hydrogen-bond acceptors (Lipinski definition) is 5. The van der Waals surface area contributed by atoms with Gasteiger partial charge < -0.3 is 16.4 Å². The first-order valence-corrected chi connectivity index (χ1v) is 6.55. The summed E-state index contributed by atoms with van der Waals surface area (Å²) in [5.41, 5.74) is 4.79. The zero-order chi connectivity index (χ0) is 15.6. The number of nitrogen functional groups attached to an aromatic ring is 1. The highest BCUT2D eigenvalue weighted by atomic mass is 32.1. The highest BCUT2D eigenvalue weighted by Gasteiger charge is 2.30. The predicted octanol–water partition coefficient (Wildman–Crippen LogP) is 3.04. The molecular formula is C12H11F3N4OS. The number of carbonyl (C=O) groups excluding carboxylic acids is 1. The van der Waals surface area contributed by atoms with Gasteiger partial charge >= 0.3 is 6.18 Å². The van der Waals surface area contributed by atoms with Gasteiger partial charge in [-0.2, -0.15) is 13.2 Å². The molecule has 21 heavy (non-hydrogen) atoms. The Morgan fingerprint density at radius 2 is 2.10 bits per heavy atom. The lowest BCUT2D eigenvalue weighted by Gasteiger charge is -2.09. The zero-order valence-corrected chi connectivity index (χ0v) is 11.6. The first-order chi connectivity index (χ1) is 9.81. The standard InChI is InChI=1S/C12H11F3N4OS/c1-17-11-19-9(16)8(21-11)10(20)18-7-4-2-3-6(5-7)12(13,14)15/h2-5H,16H2,1H3,(H,17,19)(H,18,20). The van der Waals surface area contributed by atoms with E-state index >= 15 is 0 Å². The SMILES string of the molecule is CNc1nc(N)c(C(=O)Nc2cccc(C(F)(F)F)c2)s1. The Morgan fingerprint density at radius 3 is 2.67 bits per heavy atom. The maximum atomic E-state index is 12.6. The molecule has 4 N–H and O–H groups in total. The maximum absolute atomic E-state index is 12.6. The fourth-order valence-electron chi connectivity index (χ4n) is 1.56. The summed E-state index contributed by atoms with van der Waals surface area (Å²) in [6, 6.07) is 4.36. The number of aromatic nitrogens is 1. The van der Waals surface area contributed by atoms with Gasteiger partial charge in [0.2, 0.25) is 0 Å². The number of carbonyl (C=O) groups is 1. The average molecular weight is 316 g/mol. The van der Waals surface area contributed by atoms with Crippen molar-refractivity contribution in [2.24, 2.45) is 0 Å². The van der Waals surface area contributed by atoms with E-state index in [0.29, 0.717) is 5.13 Å². The summed E-state index contributed by atoms with van der Waals surface area (Å²) in [5.74, 6) is -0.584. The van der Waals surface area contributed by atoms with E-state index in [9.17, 15) is 18.0 Å². The van der Waals surface area contributed by atoms with Crippen LogP contribution in [0.3, 0.4) is 0 Å². The van der Waals surface area contributed by atoms with Crippen LogP contribution in [0.25, 0.3) is 0 Å². The summed E-state index contributed by atoms with van der Waals surface area (Å²) in [6.45, 7) is 0. The van der Waals surface area contributed by atoms with E-state index in [-0.39, 0.29) is 16.4 Å². The number of nitrogens with two attached hydrogens (primary N) is 1. The zero-order valence-electron chi connectivity index (χ0n) is 10.8. The Bertz CT molecular complexity index is 669. The van der Waals surface area contributed by atoms with E-state index in [0.717, 1.165) is 23.5 Å². The first-order valence-electron chi connectivity index (χ1n) is 5.74. The van der Waals surface area contributed by atoms with Gasteiger partial charge in [-0.3, -0.25) is 4.79 Å². The van der Waals surface area contributed by atoms with Crippen molar-refractivity contribution in [1.82, 2.24) is 4.98 Å². The Hall–Kier alpha value is -2.29. The molecule has 0 fully saturated rings. The first kappa shape index (κ1) is 15.1. The number of thiazole rings is 1. The van der Waals surface area contributed by atoms with Crippen LogP contribution < -0.4 is 16.4 Å². The van der Waals surface area contributed by atoms with Crippen LogP contribution in [0.4, 0.5) is 29.8 Å². The fraction of sp³-hybridized carbons (Fsp3) is 0.167. The molecule has 0 saturated heterocycles. The minimum atomic E-state index is -4.47.